The van der Waals surface area contributed by atoms with Gasteiger partial charge in [-0.3, -0.25) is 0 Å². The lowest BCUT2D eigenvalue weighted by Gasteiger charge is -2.33. The zero-order chi connectivity index (χ0) is 49.1. The Bertz CT molecular complexity index is 4470. The van der Waals surface area contributed by atoms with Crippen LogP contribution in [0.3, 0.4) is 0 Å². The molecule has 0 amide bonds. The van der Waals surface area contributed by atoms with Crippen LogP contribution in [-0.2, 0) is 10.8 Å². The maximum absolute atomic E-state index is 11.5. The van der Waals surface area contributed by atoms with Gasteiger partial charge in [-0.25, -0.2) is 0 Å². The van der Waals surface area contributed by atoms with E-state index in [1.807, 2.05) is 6.07 Å². The molecule has 2 aliphatic rings. The van der Waals surface area contributed by atoms with Crippen molar-refractivity contribution in [3.8, 4) is 45.8 Å². The molecule has 13 aromatic rings. The molecule has 2 aromatic heterocycles. The maximum Gasteiger partial charge on any atom is 0.101 e. The van der Waals surface area contributed by atoms with E-state index in [0.717, 1.165) is 49.3 Å². The Hall–Kier alpha value is -10.0. The summed E-state index contributed by atoms with van der Waals surface area (Å²) in [5, 5.41) is 26.7. The minimum absolute atomic E-state index is 0.412. The smallest absolute Gasteiger partial charge is 0.101 e. The minimum atomic E-state index is -0.594. The highest BCUT2D eigenvalue weighted by atomic mass is 15.1. The number of nitriles is 2. The third-order valence-corrected chi connectivity index (χ3v) is 16.3. The van der Waals surface area contributed by atoms with Crippen molar-refractivity contribution in [2.75, 3.05) is 0 Å². The van der Waals surface area contributed by atoms with Crippen LogP contribution in [0.1, 0.15) is 55.6 Å². The first-order chi connectivity index (χ1) is 36.7. The van der Waals surface area contributed by atoms with Crippen LogP contribution in [0.25, 0.3) is 77.2 Å². The summed E-state index contributed by atoms with van der Waals surface area (Å²) in [5.41, 5.74) is 19.5. The molecule has 0 N–H and O–H groups in total. The highest BCUT2D eigenvalue weighted by Gasteiger charge is 2.49. The first kappa shape index (κ1) is 41.8. The molecule has 4 heteroatoms. The van der Waals surface area contributed by atoms with E-state index in [1.54, 1.807) is 6.07 Å². The van der Waals surface area contributed by atoms with Crippen LogP contribution in [-0.4, -0.2) is 9.13 Å². The Morgan fingerprint density at radius 2 is 0.716 bits per heavy atom. The second kappa shape index (κ2) is 15.7. The number of fused-ring (bicyclic) bond motifs is 14. The van der Waals surface area contributed by atoms with Crippen LogP contribution in [0.4, 0.5) is 0 Å². The molecule has 11 aromatic carbocycles. The van der Waals surface area contributed by atoms with Crippen LogP contribution in [0.2, 0.25) is 0 Å². The lowest BCUT2D eigenvalue weighted by atomic mass is 9.67. The number of hydrogen-bond donors (Lipinski definition) is 0. The molecule has 0 fully saturated rings. The molecular formula is C70H42N4. The van der Waals surface area contributed by atoms with Crippen molar-refractivity contribution in [3.63, 3.8) is 0 Å². The molecule has 2 aliphatic carbocycles. The molecule has 2 heterocycles. The molecule has 0 spiro atoms. The number of rotatable bonds is 6. The van der Waals surface area contributed by atoms with Gasteiger partial charge in [-0.1, -0.05) is 218 Å². The van der Waals surface area contributed by atoms with Crippen LogP contribution < -0.4 is 0 Å². The quantitative estimate of drug-likeness (QED) is 0.167. The standard InChI is InChI=1S/C70H42N4/c71-43-45-41-46(44-72)68(74-60-36-20-16-32-54(60)67-62(74)40-38-58-65(67)52-30-14-18-34-56(52)70(58,49-25-9-3-10-26-49)50-27-11-4-12-28-50)63(42-45)73-59-35-19-15-31-53(59)66-61(73)39-37-57-64(66)51-29-13-17-33-55(51)69(57,47-21-5-1-6-22-47)48-23-7-2-8-24-48/h1-42H. The molecule has 0 saturated carbocycles. The van der Waals surface area contributed by atoms with E-state index in [9.17, 15) is 10.5 Å². The van der Waals surface area contributed by atoms with Crippen LogP contribution in [0.5, 0.6) is 0 Å². The first-order valence-corrected chi connectivity index (χ1v) is 25.2. The minimum Gasteiger partial charge on any atom is -0.307 e. The Balaban J connectivity index is 1.07. The normalized spacial score (nSPS) is 13.6. The van der Waals surface area contributed by atoms with Gasteiger partial charge in [-0.2, -0.15) is 10.5 Å². The van der Waals surface area contributed by atoms with Crippen molar-refractivity contribution in [3.05, 3.63) is 310 Å². The average Bonchev–Trinajstić information content (AvgIpc) is 4.24. The first-order valence-electron chi connectivity index (χ1n) is 25.2. The average molecular weight is 939 g/mol. The van der Waals surface area contributed by atoms with Gasteiger partial charge in [0.05, 0.1) is 61.5 Å². The van der Waals surface area contributed by atoms with Crippen molar-refractivity contribution >= 4 is 43.6 Å². The van der Waals surface area contributed by atoms with E-state index in [-0.39, 0.29) is 0 Å². The molecule has 0 radical (unpaired) electrons. The summed E-state index contributed by atoms with van der Waals surface area (Å²) in [6.07, 6.45) is 0. The van der Waals surface area contributed by atoms with Crippen LogP contribution in [0.15, 0.2) is 255 Å². The van der Waals surface area contributed by atoms with Crippen LogP contribution in [0, 0.1) is 22.7 Å². The molecule has 342 valence electrons. The van der Waals surface area contributed by atoms with Gasteiger partial charge >= 0.3 is 0 Å². The van der Waals surface area contributed by atoms with Crippen molar-refractivity contribution in [1.82, 2.24) is 9.13 Å². The molecule has 0 bridgehead atoms. The highest BCUT2D eigenvalue weighted by molar-refractivity contribution is 6.20. The Morgan fingerprint density at radius 3 is 1.16 bits per heavy atom. The molecule has 0 saturated heterocycles. The molecule has 0 aliphatic heterocycles. The molecule has 0 atom stereocenters. The van der Waals surface area contributed by atoms with Gasteiger partial charge in [0.15, 0.2) is 0 Å². The summed E-state index contributed by atoms with van der Waals surface area (Å²) in [6, 6.07) is 96.7. The largest absolute Gasteiger partial charge is 0.307 e. The second-order valence-electron chi connectivity index (χ2n) is 19.6. The summed E-state index contributed by atoms with van der Waals surface area (Å²) >= 11 is 0. The topological polar surface area (TPSA) is 57.4 Å². The van der Waals surface area contributed by atoms with Gasteiger partial charge in [0.2, 0.25) is 0 Å². The summed E-state index contributed by atoms with van der Waals surface area (Å²) in [7, 11) is 0. The number of aromatic nitrogens is 2. The number of hydrogen-bond acceptors (Lipinski definition) is 2. The molecule has 0 unspecified atom stereocenters. The third kappa shape index (κ3) is 5.33. The summed E-state index contributed by atoms with van der Waals surface area (Å²) in [4.78, 5) is 0. The Kier molecular flexibility index (Phi) is 8.89. The second-order valence-corrected chi connectivity index (χ2v) is 19.6. The molecule has 15 rings (SSSR count). The Labute approximate surface area is 428 Å². The predicted octanol–water partition coefficient (Wildman–Crippen LogP) is 16.4. The van der Waals surface area contributed by atoms with Gasteiger partial charge in [-0.05, 0) is 103 Å². The van der Waals surface area contributed by atoms with E-state index in [4.69, 9.17) is 0 Å². The zero-order valence-corrected chi connectivity index (χ0v) is 40.0. The van der Waals surface area contributed by atoms with E-state index in [2.05, 4.69) is 264 Å². The highest BCUT2D eigenvalue weighted by Crippen LogP contribution is 2.61. The lowest BCUT2D eigenvalue weighted by Crippen LogP contribution is -2.28. The predicted molar refractivity (Wildman–Crippen MR) is 299 cm³/mol. The van der Waals surface area contributed by atoms with E-state index >= 15 is 0 Å². The van der Waals surface area contributed by atoms with Crippen molar-refractivity contribution in [1.29, 1.82) is 10.5 Å². The van der Waals surface area contributed by atoms with Gasteiger partial charge in [-0.15, -0.1) is 0 Å². The van der Waals surface area contributed by atoms with Gasteiger partial charge in [0.1, 0.15) is 6.07 Å². The third-order valence-electron chi connectivity index (χ3n) is 16.3. The van der Waals surface area contributed by atoms with E-state index < -0.39 is 10.8 Å². The van der Waals surface area contributed by atoms with Crippen molar-refractivity contribution in [2.24, 2.45) is 0 Å². The fourth-order valence-corrected chi connectivity index (χ4v) is 13.7. The van der Waals surface area contributed by atoms with Gasteiger partial charge < -0.3 is 9.13 Å². The fourth-order valence-electron chi connectivity index (χ4n) is 13.7. The summed E-state index contributed by atoms with van der Waals surface area (Å²) < 4.78 is 4.61. The number of benzene rings is 11. The van der Waals surface area contributed by atoms with Crippen molar-refractivity contribution < 1.29 is 0 Å². The Morgan fingerprint density at radius 1 is 0.324 bits per heavy atom. The van der Waals surface area contributed by atoms with Crippen molar-refractivity contribution in [2.45, 2.75) is 10.8 Å². The number of para-hydroxylation sites is 2. The van der Waals surface area contributed by atoms with Gasteiger partial charge in [0, 0.05) is 21.5 Å². The van der Waals surface area contributed by atoms with E-state index in [1.165, 1.54) is 66.8 Å². The fraction of sp³-hybridized carbons (Fsp3) is 0.0286. The maximum atomic E-state index is 11.5. The van der Waals surface area contributed by atoms with Crippen LogP contribution >= 0.6 is 0 Å². The zero-order valence-electron chi connectivity index (χ0n) is 40.0. The number of nitrogens with zero attached hydrogens (tertiary/aromatic N) is 4. The monoisotopic (exact) mass is 938 g/mol. The summed E-state index contributed by atoms with van der Waals surface area (Å²) in [5.74, 6) is 0. The van der Waals surface area contributed by atoms with E-state index in [0.29, 0.717) is 16.8 Å². The lowest BCUT2D eigenvalue weighted by molar-refractivity contribution is 0.769. The summed E-state index contributed by atoms with van der Waals surface area (Å²) in [6.45, 7) is 0. The SMILES string of the molecule is N#Cc1cc(C#N)c(-n2c3ccccc3c3c4c(ccc32)C(c2ccccc2)(c2ccccc2)c2ccccc2-4)c(-n2c3ccccc3c3c4c(ccc32)C(c2ccccc2)(c2ccccc2)c2ccccc2-4)c1. The molecule has 4 nitrogen and oxygen atoms in total. The molecule has 74 heavy (non-hydrogen) atoms. The van der Waals surface area contributed by atoms with Gasteiger partial charge in [0.25, 0.3) is 0 Å². The molecular weight excluding hydrogens is 897 g/mol.